The smallest absolute Gasteiger partial charge is 0.259 e. The largest absolute Gasteiger partial charge is 0.493 e. The van der Waals surface area contributed by atoms with E-state index in [-0.39, 0.29) is 5.91 Å². The highest BCUT2D eigenvalue weighted by atomic mass is 16.5. The van der Waals surface area contributed by atoms with E-state index >= 15 is 0 Å². The van der Waals surface area contributed by atoms with Crippen LogP contribution in [0.1, 0.15) is 22.8 Å². The lowest BCUT2D eigenvalue weighted by Crippen LogP contribution is -2.14. The summed E-state index contributed by atoms with van der Waals surface area (Å²) < 4.78 is 5.46. The minimum atomic E-state index is -0.191. The first-order valence-electron chi connectivity index (χ1n) is 6.56. The van der Waals surface area contributed by atoms with Crippen molar-refractivity contribution in [3.63, 3.8) is 0 Å². The fraction of sp³-hybridized carbons (Fsp3) is 0.188. The molecule has 0 bridgehead atoms. The Morgan fingerprint density at radius 1 is 1.20 bits per heavy atom. The van der Waals surface area contributed by atoms with E-state index in [4.69, 9.17) is 10.5 Å². The molecule has 0 aromatic heterocycles. The lowest BCUT2D eigenvalue weighted by molar-refractivity contribution is 0.102. The van der Waals surface area contributed by atoms with Crippen LogP contribution in [0.15, 0.2) is 48.5 Å². The maximum absolute atomic E-state index is 12.3. The molecule has 0 fully saturated rings. The second-order valence-electron chi connectivity index (χ2n) is 4.29. The molecule has 2 aromatic rings. The highest BCUT2D eigenvalue weighted by molar-refractivity contribution is 6.06. The van der Waals surface area contributed by atoms with Gasteiger partial charge in [0.2, 0.25) is 0 Å². The lowest BCUT2D eigenvalue weighted by atomic mass is 10.1. The number of amides is 1. The number of para-hydroxylation sites is 1. The molecule has 0 atom stereocenters. The second-order valence-corrected chi connectivity index (χ2v) is 4.29. The molecule has 0 aliphatic heterocycles. The van der Waals surface area contributed by atoms with Crippen LogP contribution in [-0.4, -0.2) is 12.5 Å². The molecule has 104 valence electrons. The second kappa shape index (κ2) is 6.73. The van der Waals surface area contributed by atoms with Gasteiger partial charge in [-0.3, -0.25) is 4.79 Å². The molecule has 3 N–H and O–H groups in total. The van der Waals surface area contributed by atoms with Crippen molar-refractivity contribution < 1.29 is 9.53 Å². The topological polar surface area (TPSA) is 64.3 Å². The van der Waals surface area contributed by atoms with Gasteiger partial charge in [0, 0.05) is 12.2 Å². The summed E-state index contributed by atoms with van der Waals surface area (Å²) in [7, 11) is 0. The first-order valence-corrected chi connectivity index (χ1v) is 6.56. The summed E-state index contributed by atoms with van der Waals surface area (Å²) in [5.74, 6) is 0.394. The Morgan fingerprint density at radius 3 is 2.75 bits per heavy atom. The summed E-state index contributed by atoms with van der Waals surface area (Å²) in [5.41, 5.74) is 7.81. The van der Waals surface area contributed by atoms with Crippen LogP contribution in [0.25, 0.3) is 0 Å². The number of ether oxygens (including phenoxy) is 1. The number of nitrogens with one attached hydrogen (secondary N) is 1. The van der Waals surface area contributed by atoms with Crippen molar-refractivity contribution in [3.8, 4) is 5.75 Å². The van der Waals surface area contributed by atoms with Gasteiger partial charge in [-0.05, 0) is 36.8 Å². The van der Waals surface area contributed by atoms with Crippen molar-refractivity contribution in [1.29, 1.82) is 0 Å². The monoisotopic (exact) mass is 270 g/mol. The van der Waals surface area contributed by atoms with Gasteiger partial charge in [-0.25, -0.2) is 0 Å². The quantitative estimate of drug-likeness (QED) is 0.878. The number of nitrogens with two attached hydrogens (primary N) is 1. The minimum Gasteiger partial charge on any atom is -0.493 e. The predicted molar refractivity (Wildman–Crippen MR) is 79.9 cm³/mol. The molecule has 4 heteroatoms. The summed E-state index contributed by atoms with van der Waals surface area (Å²) in [6.07, 6.45) is 0. The van der Waals surface area contributed by atoms with Crippen LogP contribution in [0.4, 0.5) is 5.69 Å². The Kier molecular flexibility index (Phi) is 4.74. The summed E-state index contributed by atoms with van der Waals surface area (Å²) in [5, 5.41) is 2.86. The van der Waals surface area contributed by atoms with Crippen molar-refractivity contribution in [2.75, 3.05) is 11.9 Å². The van der Waals surface area contributed by atoms with Crippen LogP contribution in [0.5, 0.6) is 5.75 Å². The molecule has 4 nitrogen and oxygen atoms in total. The van der Waals surface area contributed by atoms with Gasteiger partial charge in [-0.2, -0.15) is 0 Å². The van der Waals surface area contributed by atoms with E-state index in [1.165, 1.54) is 0 Å². The molecule has 0 aliphatic rings. The number of hydrogen-bond donors (Lipinski definition) is 2. The Morgan fingerprint density at radius 2 is 2.00 bits per heavy atom. The third-order valence-corrected chi connectivity index (χ3v) is 2.85. The van der Waals surface area contributed by atoms with Crippen molar-refractivity contribution in [2.45, 2.75) is 13.5 Å². The van der Waals surface area contributed by atoms with Gasteiger partial charge in [0.05, 0.1) is 12.2 Å². The molecule has 0 aliphatic carbocycles. The third kappa shape index (κ3) is 3.36. The number of benzene rings is 2. The summed E-state index contributed by atoms with van der Waals surface area (Å²) in [4.78, 5) is 12.3. The molecular formula is C16H18N2O2. The molecule has 2 aromatic carbocycles. The summed E-state index contributed by atoms with van der Waals surface area (Å²) in [6, 6.07) is 14.7. The van der Waals surface area contributed by atoms with Crippen molar-refractivity contribution in [2.24, 2.45) is 5.73 Å². The van der Waals surface area contributed by atoms with Gasteiger partial charge >= 0.3 is 0 Å². The Balaban J connectivity index is 2.19. The standard InChI is InChI=1S/C16H18N2O2/c1-2-20-15-9-4-3-8-14(15)16(19)18-13-7-5-6-12(10-13)11-17/h3-10H,2,11,17H2,1H3,(H,18,19). The molecule has 0 radical (unpaired) electrons. The van der Waals surface area contributed by atoms with E-state index in [2.05, 4.69) is 5.32 Å². The number of anilines is 1. The molecule has 20 heavy (non-hydrogen) atoms. The molecule has 0 unspecified atom stereocenters. The fourth-order valence-corrected chi connectivity index (χ4v) is 1.91. The van der Waals surface area contributed by atoms with Crippen LogP contribution in [-0.2, 0) is 6.54 Å². The first-order chi connectivity index (χ1) is 9.74. The SMILES string of the molecule is CCOc1ccccc1C(=O)Nc1cccc(CN)c1. The predicted octanol–water partition coefficient (Wildman–Crippen LogP) is 2.80. The van der Waals surface area contributed by atoms with Gasteiger partial charge in [0.15, 0.2) is 0 Å². The van der Waals surface area contributed by atoms with Crippen LogP contribution in [0, 0.1) is 0 Å². The van der Waals surface area contributed by atoms with Crippen LogP contribution in [0.2, 0.25) is 0 Å². The molecule has 2 rings (SSSR count). The van der Waals surface area contributed by atoms with Crippen molar-refractivity contribution in [3.05, 3.63) is 59.7 Å². The zero-order valence-electron chi connectivity index (χ0n) is 11.4. The molecule has 0 heterocycles. The zero-order chi connectivity index (χ0) is 14.4. The van der Waals surface area contributed by atoms with Gasteiger partial charge in [-0.15, -0.1) is 0 Å². The van der Waals surface area contributed by atoms with Gasteiger partial charge in [-0.1, -0.05) is 24.3 Å². The van der Waals surface area contributed by atoms with E-state index in [0.717, 1.165) is 11.3 Å². The molecule has 1 amide bonds. The molecule has 0 spiro atoms. The normalized spacial score (nSPS) is 10.1. The fourth-order valence-electron chi connectivity index (χ4n) is 1.91. The van der Waals surface area contributed by atoms with E-state index in [1.54, 1.807) is 12.1 Å². The maximum Gasteiger partial charge on any atom is 0.259 e. The van der Waals surface area contributed by atoms with E-state index in [0.29, 0.717) is 24.5 Å². The lowest BCUT2D eigenvalue weighted by Gasteiger charge is -2.11. The van der Waals surface area contributed by atoms with Crippen molar-refractivity contribution in [1.82, 2.24) is 0 Å². The van der Waals surface area contributed by atoms with Crippen molar-refractivity contribution >= 4 is 11.6 Å². The van der Waals surface area contributed by atoms with Gasteiger partial charge < -0.3 is 15.8 Å². The number of rotatable bonds is 5. The Bertz CT molecular complexity index is 597. The number of hydrogen-bond acceptors (Lipinski definition) is 3. The number of carbonyl (C=O) groups is 1. The van der Waals surface area contributed by atoms with E-state index in [1.807, 2.05) is 43.3 Å². The Labute approximate surface area is 118 Å². The number of carbonyl (C=O) groups excluding carboxylic acids is 1. The summed E-state index contributed by atoms with van der Waals surface area (Å²) in [6.45, 7) is 2.85. The van der Waals surface area contributed by atoms with Gasteiger partial charge in [0.1, 0.15) is 5.75 Å². The highest BCUT2D eigenvalue weighted by Crippen LogP contribution is 2.20. The molecular weight excluding hydrogens is 252 g/mol. The summed E-state index contributed by atoms with van der Waals surface area (Å²) >= 11 is 0. The van der Waals surface area contributed by atoms with E-state index in [9.17, 15) is 4.79 Å². The molecule has 0 saturated carbocycles. The third-order valence-electron chi connectivity index (χ3n) is 2.85. The van der Waals surface area contributed by atoms with Crippen LogP contribution >= 0.6 is 0 Å². The van der Waals surface area contributed by atoms with Gasteiger partial charge in [0.25, 0.3) is 5.91 Å². The highest BCUT2D eigenvalue weighted by Gasteiger charge is 2.12. The average Bonchev–Trinajstić information content (AvgIpc) is 2.48. The van der Waals surface area contributed by atoms with Crippen LogP contribution < -0.4 is 15.8 Å². The van der Waals surface area contributed by atoms with E-state index < -0.39 is 0 Å². The minimum absolute atomic E-state index is 0.191. The Hall–Kier alpha value is -2.33. The maximum atomic E-state index is 12.3. The first kappa shape index (κ1) is 14.1. The zero-order valence-corrected chi connectivity index (χ0v) is 11.4. The van der Waals surface area contributed by atoms with Crippen LogP contribution in [0.3, 0.4) is 0 Å². The average molecular weight is 270 g/mol. The molecule has 0 saturated heterocycles.